The normalized spacial score (nSPS) is 13.1. The Balaban J connectivity index is 0.00000480. The molecule has 0 aliphatic rings. The number of hydrogen-bond donors (Lipinski definition) is 2. The molecule has 0 radical (unpaired) electrons. The summed E-state index contributed by atoms with van der Waals surface area (Å²) in [6.45, 7) is 6.41. The van der Waals surface area contributed by atoms with Crippen molar-refractivity contribution < 1.29 is 8.42 Å². The summed E-state index contributed by atoms with van der Waals surface area (Å²) in [4.78, 5) is 4.59. The van der Waals surface area contributed by atoms with Gasteiger partial charge in [0.15, 0.2) is 5.96 Å². The van der Waals surface area contributed by atoms with Crippen LogP contribution in [0, 0.1) is 0 Å². The zero-order valence-corrected chi connectivity index (χ0v) is 22.1. The van der Waals surface area contributed by atoms with Gasteiger partial charge in [-0.3, -0.25) is 4.99 Å². The standard InChI is InChI=1S/C23H34N4O2S.HI/c1-18(2)27(5)30(28,29)22-15-13-21(14-16-22)17-25-23(24-4)26-19(3)11-12-20-9-7-6-8-10-20;/h6-10,13-16,18-19H,11-12,17H2,1-5H3,(H2,24,25,26);1H. The average molecular weight is 559 g/mol. The number of hydrogen-bond acceptors (Lipinski definition) is 3. The fraction of sp³-hybridized carbons (Fsp3) is 0.435. The van der Waals surface area contributed by atoms with Crippen molar-refractivity contribution in [3.63, 3.8) is 0 Å². The Morgan fingerprint density at radius 1 is 1.00 bits per heavy atom. The maximum atomic E-state index is 12.6. The minimum atomic E-state index is -3.46. The molecular formula is C23H35IN4O2S. The summed E-state index contributed by atoms with van der Waals surface area (Å²) in [6, 6.07) is 17.6. The summed E-state index contributed by atoms with van der Waals surface area (Å²) >= 11 is 0. The lowest BCUT2D eigenvalue weighted by atomic mass is 10.1. The minimum absolute atomic E-state index is 0. The van der Waals surface area contributed by atoms with Gasteiger partial charge >= 0.3 is 0 Å². The molecule has 0 bridgehead atoms. The quantitative estimate of drug-likeness (QED) is 0.277. The first kappa shape index (κ1) is 27.4. The molecule has 0 aliphatic carbocycles. The number of guanidine groups is 1. The van der Waals surface area contributed by atoms with Crippen LogP contribution < -0.4 is 10.6 Å². The summed E-state index contributed by atoms with van der Waals surface area (Å²) in [5, 5.41) is 6.70. The zero-order valence-electron chi connectivity index (χ0n) is 19.0. The van der Waals surface area contributed by atoms with Crippen molar-refractivity contribution in [3.8, 4) is 0 Å². The molecule has 0 heterocycles. The minimum Gasteiger partial charge on any atom is -0.354 e. The highest BCUT2D eigenvalue weighted by Crippen LogP contribution is 2.17. The molecule has 0 saturated heterocycles. The molecule has 0 saturated carbocycles. The summed E-state index contributed by atoms with van der Waals surface area (Å²) in [7, 11) is -0.111. The topological polar surface area (TPSA) is 73.8 Å². The van der Waals surface area contributed by atoms with E-state index < -0.39 is 10.0 Å². The number of halogens is 1. The lowest BCUT2D eigenvalue weighted by Gasteiger charge is -2.21. The molecule has 2 N–H and O–H groups in total. The van der Waals surface area contributed by atoms with Gasteiger partial charge < -0.3 is 10.6 Å². The van der Waals surface area contributed by atoms with Crippen LogP contribution in [0.5, 0.6) is 0 Å². The second-order valence-electron chi connectivity index (χ2n) is 7.75. The second-order valence-corrected chi connectivity index (χ2v) is 9.75. The van der Waals surface area contributed by atoms with Gasteiger partial charge in [0, 0.05) is 32.7 Å². The predicted molar refractivity (Wildman–Crippen MR) is 140 cm³/mol. The Morgan fingerprint density at radius 3 is 2.16 bits per heavy atom. The van der Waals surface area contributed by atoms with Crippen molar-refractivity contribution in [2.24, 2.45) is 4.99 Å². The first-order valence-corrected chi connectivity index (χ1v) is 11.8. The molecule has 0 amide bonds. The van der Waals surface area contributed by atoms with Crippen molar-refractivity contribution in [1.29, 1.82) is 0 Å². The first-order chi connectivity index (χ1) is 14.2. The molecule has 0 aliphatic heterocycles. The Morgan fingerprint density at radius 2 is 1.61 bits per heavy atom. The van der Waals surface area contributed by atoms with E-state index in [0.29, 0.717) is 11.4 Å². The number of nitrogens with zero attached hydrogens (tertiary/aromatic N) is 2. The van der Waals surface area contributed by atoms with Gasteiger partial charge in [0.2, 0.25) is 10.0 Å². The summed E-state index contributed by atoms with van der Waals surface area (Å²) in [6.07, 6.45) is 2.01. The Bertz CT molecular complexity index is 916. The van der Waals surface area contributed by atoms with Crippen LogP contribution in [-0.2, 0) is 23.0 Å². The van der Waals surface area contributed by atoms with E-state index in [1.807, 2.05) is 32.0 Å². The molecule has 6 nitrogen and oxygen atoms in total. The monoisotopic (exact) mass is 558 g/mol. The maximum Gasteiger partial charge on any atom is 0.243 e. The second kappa shape index (κ2) is 13.0. The van der Waals surface area contributed by atoms with Gasteiger partial charge in [0.1, 0.15) is 0 Å². The highest BCUT2D eigenvalue weighted by Gasteiger charge is 2.22. The molecule has 0 aromatic heterocycles. The fourth-order valence-electron chi connectivity index (χ4n) is 2.94. The number of rotatable bonds is 9. The van der Waals surface area contributed by atoms with E-state index in [1.54, 1.807) is 26.2 Å². The average Bonchev–Trinajstić information content (AvgIpc) is 2.75. The van der Waals surface area contributed by atoms with Crippen LogP contribution in [0.1, 0.15) is 38.3 Å². The predicted octanol–water partition coefficient (Wildman–Crippen LogP) is 4.02. The van der Waals surface area contributed by atoms with E-state index in [-0.39, 0.29) is 36.1 Å². The van der Waals surface area contributed by atoms with Crippen LogP contribution in [0.4, 0.5) is 0 Å². The van der Waals surface area contributed by atoms with E-state index in [1.165, 1.54) is 9.87 Å². The van der Waals surface area contributed by atoms with Crippen LogP contribution in [0.3, 0.4) is 0 Å². The Hall–Kier alpha value is -1.65. The van der Waals surface area contributed by atoms with Gasteiger partial charge in [-0.25, -0.2) is 8.42 Å². The van der Waals surface area contributed by atoms with Crippen molar-refractivity contribution >= 4 is 40.0 Å². The Labute approximate surface area is 204 Å². The van der Waals surface area contributed by atoms with E-state index in [0.717, 1.165) is 24.4 Å². The van der Waals surface area contributed by atoms with Gasteiger partial charge in [-0.15, -0.1) is 24.0 Å². The molecule has 1 atom stereocenters. The summed E-state index contributed by atoms with van der Waals surface area (Å²) < 4.78 is 26.5. The van der Waals surface area contributed by atoms with Crippen molar-refractivity contribution in [2.75, 3.05) is 14.1 Å². The molecule has 172 valence electrons. The van der Waals surface area contributed by atoms with E-state index in [4.69, 9.17) is 0 Å². The van der Waals surface area contributed by atoms with Crippen LogP contribution >= 0.6 is 24.0 Å². The number of benzene rings is 2. The van der Waals surface area contributed by atoms with E-state index in [2.05, 4.69) is 46.8 Å². The lowest BCUT2D eigenvalue weighted by molar-refractivity contribution is 0.410. The van der Waals surface area contributed by atoms with E-state index in [9.17, 15) is 8.42 Å². The smallest absolute Gasteiger partial charge is 0.243 e. The molecule has 2 aromatic carbocycles. The van der Waals surface area contributed by atoms with Crippen molar-refractivity contribution in [2.45, 2.75) is 57.1 Å². The molecule has 2 rings (SSSR count). The number of sulfonamides is 1. The van der Waals surface area contributed by atoms with Gasteiger partial charge in [-0.05, 0) is 56.9 Å². The largest absolute Gasteiger partial charge is 0.354 e. The highest BCUT2D eigenvalue weighted by atomic mass is 127. The summed E-state index contributed by atoms with van der Waals surface area (Å²) in [5.41, 5.74) is 2.31. The van der Waals surface area contributed by atoms with Gasteiger partial charge in [-0.2, -0.15) is 4.31 Å². The van der Waals surface area contributed by atoms with Crippen LogP contribution in [0.15, 0.2) is 64.5 Å². The third-order valence-corrected chi connectivity index (χ3v) is 7.15. The summed E-state index contributed by atoms with van der Waals surface area (Å²) in [5.74, 6) is 0.729. The fourth-order valence-corrected chi connectivity index (χ4v) is 4.30. The number of nitrogens with one attached hydrogen (secondary N) is 2. The van der Waals surface area contributed by atoms with Crippen LogP contribution in [0.2, 0.25) is 0 Å². The lowest BCUT2D eigenvalue weighted by Crippen LogP contribution is -2.42. The third kappa shape index (κ3) is 8.42. The Kier molecular flexibility index (Phi) is 11.5. The zero-order chi connectivity index (χ0) is 22.1. The number of aliphatic imine (C=N–C) groups is 1. The van der Waals surface area contributed by atoms with E-state index >= 15 is 0 Å². The van der Waals surface area contributed by atoms with Crippen LogP contribution in [-0.4, -0.2) is 44.9 Å². The molecule has 1 unspecified atom stereocenters. The molecule has 0 spiro atoms. The highest BCUT2D eigenvalue weighted by molar-refractivity contribution is 14.0. The first-order valence-electron chi connectivity index (χ1n) is 10.3. The van der Waals surface area contributed by atoms with Gasteiger partial charge in [0.05, 0.1) is 4.90 Å². The van der Waals surface area contributed by atoms with Crippen molar-refractivity contribution in [3.05, 3.63) is 65.7 Å². The molecule has 0 fully saturated rings. The third-order valence-electron chi connectivity index (χ3n) is 5.10. The molecular weight excluding hydrogens is 523 g/mol. The maximum absolute atomic E-state index is 12.6. The van der Waals surface area contributed by atoms with Crippen molar-refractivity contribution in [1.82, 2.24) is 14.9 Å². The molecule has 2 aromatic rings. The van der Waals surface area contributed by atoms with Crippen LogP contribution in [0.25, 0.3) is 0 Å². The molecule has 31 heavy (non-hydrogen) atoms. The van der Waals surface area contributed by atoms with Gasteiger partial charge in [-0.1, -0.05) is 42.5 Å². The SMILES string of the molecule is CN=C(NCc1ccc(S(=O)(=O)N(C)C(C)C)cc1)NC(C)CCc1ccccc1.I. The molecule has 8 heteroatoms. The number of aryl methyl sites for hydroxylation is 1. The van der Waals surface area contributed by atoms with Gasteiger partial charge in [0.25, 0.3) is 0 Å².